The Hall–Kier alpha value is -12.4. The van der Waals surface area contributed by atoms with Crippen molar-refractivity contribution in [2.45, 2.75) is 0 Å². The van der Waals surface area contributed by atoms with Crippen molar-refractivity contribution in [3.63, 3.8) is 0 Å². The maximum Gasteiger partial charge on any atom is 0.166 e. The number of para-hydroxylation sites is 4. The maximum atomic E-state index is 10.4. The standard InChI is InChI=1S/C73H39N11/c74-40-44-22-28-55-51-14-4-8-18-61(51)81(65(55)34-44)49-26-32-59(69(38-49)83-63-20-10-6-16-53(63)57-30-24-46(42-76)36-67(57)83)72-78-71(48-12-2-1-3-13-48)79-73(80-72)60-33-27-50(82-62-19-9-5-15-52(62)56-29-23-45(41-75)35-66(56)82)39-70(60)84-64-21-11-7-17-54(64)58-31-25-47(43-77)37-68(58)84/h1-39H. The third-order valence-corrected chi connectivity index (χ3v) is 16.3. The molecule has 16 rings (SSSR count). The molecule has 0 aliphatic heterocycles. The molecule has 0 aliphatic carbocycles. The molecule has 0 saturated heterocycles. The molecule has 0 spiro atoms. The van der Waals surface area contributed by atoms with E-state index in [1.165, 1.54) is 0 Å². The fraction of sp³-hybridized carbons (Fsp3) is 0. The molecule has 0 N–H and O–H groups in total. The fourth-order valence-corrected chi connectivity index (χ4v) is 12.6. The number of hydrogen-bond donors (Lipinski definition) is 0. The van der Waals surface area contributed by atoms with Gasteiger partial charge in [-0.25, -0.2) is 15.0 Å². The van der Waals surface area contributed by atoms with E-state index in [1.54, 1.807) is 0 Å². The summed E-state index contributed by atoms with van der Waals surface area (Å²) in [6, 6.07) is 88.4. The van der Waals surface area contributed by atoms with Gasteiger partial charge in [0.15, 0.2) is 17.5 Å². The fourth-order valence-electron chi connectivity index (χ4n) is 12.6. The summed E-state index contributed by atoms with van der Waals surface area (Å²) < 4.78 is 8.83. The summed E-state index contributed by atoms with van der Waals surface area (Å²) in [5.41, 5.74) is 14.6. The molecule has 0 fully saturated rings. The van der Waals surface area contributed by atoms with Crippen molar-refractivity contribution in [3.8, 4) is 81.2 Å². The Balaban J connectivity index is 1.02. The third kappa shape index (κ3) is 7.18. The first-order valence-electron chi connectivity index (χ1n) is 27.3. The number of nitriles is 4. The molecular weight excluding hydrogens is 1030 g/mol. The van der Waals surface area contributed by atoms with Gasteiger partial charge in [-0.05, 0) is 109 Å². The van der Waals surface area contributed by atoms with Gasteiger partial charge in [0.05, 0.1) is 102 Å². The van der Waals surface area contributed by atoms with Crippen molar-refractivity contribution in [1.82, 2.24) is 33.2 Å². The Morgan fingerprint density at radius 3 is 0.905 bits per heavy atom. The molecule has 5 heterocycles. The Morgan fingerprint density at radius 2 is 0.548 bits per heavy atom. The van der Waals surface area contributed by atoms with E-state index < -0.39 is 0 Å². The van der Waals surface area contributed by atoms with Crippen LogP contribution in [0.3, 0.4) is 0 Å². The number of fused-ring (bicyclic) bond motifs is 12. The van der Waals surface area contributed by atoms with Crippen LogP contribution in [0.15, 0.2) is 237 Å². The first-order chi connectivity index (χ1) is 41.5. The lowest BCUT2D eigenvalue weighted by molar-refractivity contribution is 1.05. The molecule has 11 nitrogen and oxygen atoms in total. The highest BCUT2D eigenvalue weighted by Gasteiger charge is 2.26. The van der Waals surface area contributed by atoms with Gasteiger partial charge in [0.25, 0.3) is 0 Å². The van der Waals surface area contributed by atoms with E-state index >= 15 is 0 Å². The normalized spacial score (nSPS) is 11.5. The van der Waals surface area contributed by atoms with Gasteiger partial charge in [-0.2, -0.15) is 21.0 Å². The van der Waals surface area contributed by atoms with Gasteiger partial charge in [-0.1, -0.05) is 127 Å². The quantitative estimate of drug-likeness (QED) is 0.154. The van der Waals surface area contributed by atoms with Gasteiger partial charge in [-0.15, -0.1) is 0 Å². The van der Waals surface area contributed by atoms with Gasteiger partial charge in [0, 0.05) is 71.2 Å². The van der Waals surface area contributed by atoms with Crippen molar-refractivity contribution >= 4 is 87.2 Å². The third-order valence-electron chi connectivity index (χ3n) is 16.3. The van der Waals surface area contributed by atoms with Crippen molar-refractivity contribution in [2.24, 2.45) is 0 Å². The van der Waals surface area contributed by atoms with E-state index in [0.717, 1.165) is 116 Å². The summed E-state index contributed by atoms with van der Waals surface area (Å²) in [5.74, 6) is 1.24. The van der Waals surface area contributed by atoms with E-state index in [2.05, 4.69) is 127 Å². The van der Waals surface area contributed by atoms with E-state index in [9.17, 15) is 21.0 Å². The Morgan fingerprint density at radius 1 is 0.250 bits per heavy atom. The summed E-state index contributed by atoms with van der Waals surface area (Å²) in [4.78, 5) is 16.5. The highest BCUT2D eigenvalue weighted by molar-refractivity contribution is 6.13. The zero-order chi connectivity index (χ0) is 56.2. The molecule has 16 aromatic rings. The van der Waals surface area contributed by atoms with Crippen LogP contribution < -0.4 is 0 Å². The Kier molecular flexibility index (Phi) is 10.5. The molecular formula is C73H39N11. The van der Waals surface area contributed by atoms with Gasteiger partial charge >= 0.3 is 0 Å². The highest BCUT2D eigenvalue weighted by atomic mass is 15.1. The van der Waals surface area contributed by atoms with Crippen LogP contribution >= 0.6 is 0 Å². The van der Waals surface area contributed by atoms with Crippen LogP contribution in [0.25, 0.3) is 144 Å². The molecule has 386 valence electrons. The van der Waals surface area contributed by atoms with Crippen molar-refractivity contribution in [3.05, 3.63) is 259 Å². The number of rotatable bonds is 7. The van der Waals surface area contributed by atoms with Gasteiger partial charge in [-0.3, -0.25) is 0 Å². The zero-order valence-electron chi connectivity index (χ0n) is 44.4. The minimum atomic E-state index is 0.396. The number of nitrogens with zero attached hydrogens (tertiary/aromatic N) is 11. The van der Waals surface area contributed by atoms with Crippen LogP contribution in [0.4, 0.5) is 0 Å². The van der Waals surface area contributed by atoms with Crippen LogP contribution in [0.1, 0.15) is 22.3 Å². The van der Waals surface area contributed by atoms with Crippen LogP contribution in [0, 0.1) is 45.3 Å². The summed E-state index contributed by atoms with van der Waals surface area (Å²) in [6.07, 6.45) is 0. The lowest BCUT2D eigenvalue weighted by atomic mass is 10.1. The first kappa shape index (κ1) is 47.6. The van der Waals surface area contributed by atoms with Crippen molar-refractivity contribution < 1.29 is 0 Å². The predicted molar refractivity (Wildman–Crippen MR) is 332 cm³/mol. The summed E-state index contributed by atoms with van der Waals surface area (Å²) in [7, 11) is 0. The minimum absolute atomic E-state index is 0.396. The van der Waals surface area contributed by atoms with Crippen LogP contribution in [0.2, 0.25) is 0 Å². The number of hydrogen-bond acceptors (Lipinski definition) is 7. The topological polar surface area (TPSA) is 154 Å². The smallest absolute Gasteiger partial charge is 0.166 e. The largest absolute Gasteiger partial charge is 0.309 e. The molecule has 0 unspecified atom stereocenters. The van der Waals surface area contributed by atoms with Crippen LogP contribution in [0.5, 0.6) is 0 Å². The molecule has 0 aliphatic rings. The second-order valence-electron chi connectivity index (χ2n) is 20.9. The number of benzene rings is 11. The summed E-state index contributed by atoms with van der Waals surface area (Å²) >= 11 is 0. The van der Waals surface area contributed by atoms with Gasteiger partial charge < -0.3 is 18.3 Å². The lowest BCUT2D eigenvalue weighted by Gasteiger charge is -2.19. The molecule has 5 aromatic heterocycles. The second-order valence-corrected chi connectivity index (χ2v) is 20.9. The molecule has 0 atom stereocenters. The van der Waals surface area contributed by atoms with Crippen LogP contribution in [-0.2, 0) is 0 Å². The average Bonchev–Trinajstić information content (AvgIpc) is 2.21. The molecule has 0 amide bonds. The minimum Gasteiger partial charge on any atom is -0.309 e. The average molecular weight is 1070 g/mol. The number of aromatic nitrogens is 7. The summed E-state index contributed by atoms with van der Waals surface area (Å²) in [5, 5.41) is 49.4. The molecule has 84 heavy (non-hydrogen) atoms. The monoisotopic (exact) mass is 1070 g/mol. The lowest BCUT2D eigenvalue weighted by Crippen LogP contribution is -2.07. The molecule has 0 saturated carbocycles. The predicted octanol–water partition coefficient (Wildman–Crippen LogP) is 16.7. The zero-order valence-corrected chi connectivity index (χ0v) is 44.4. The molecule has 11 aromatic carbocycles. The Bertz CT molecular complexity index is 5360. The Labute approximate surface area is 479 Å². The first-order valence-corrected chi connectivity index (χ1v) is 27.3. The molecule has 11 heteroatoms. The van der Waals surface area contributed by atoms with Crippen molar-refractivity contribution in [2.75, 3.05) is 0 Å². The van der Waals surface area contributed by atoms with E-state index in [-0.39, 0.29) is 0 Å². The second kappa shape index (κ2) is 18.6. The maximum absolute atomic E-state index is 10.4. The van der Waals surface area contributed by atoms with E-state index in [4.69, 9.17) is 15.0 Å². The SMILES string of the molecule is N#Cc1ccc2c3ccccc3n(-c3ccc(-c4nc(-c5ccccc5)nc(-c5ccc(-n6c7ccccc7c7ccc(C#N)cc76)cc5-n5c6ccccc6c6ccc(C#N)cc65)n4)c(-n4c5ccccc5c5ccc(C#N)cc54)c3)c2c1. The van der Waals surface area contributed by atoms with E-state index in [1.807, 2.05) is 152 Å². The molecule has 0 radical (unpaired) electrons. The van der Waals surface area contributed by atoms with Crippen LogP contribution in [-0.4, -0.2) is 33.2 Å². The highest BCUT2D eigenvalue weighted by Crippen LogP contribution is 2.43. The van der Waals surface area contributed by atoms with Crippen molar-refractivity contribution in [1.29, 1.82) is 21.0 Å². The summed E-state index contributed by atoms with van der Waals surface area (Å²) in [6.45, 7) is 0. The van der Waals surface area contributed by atoms with Gasteiger partial charge in [0.2, 0.25) is 0 Å². The molecule has 0 bridgehead atoms. The van der Waals surface area contributed by atoms with E-state index in [0.29, 0.717) is 50.9 Å². The van der Waals surface area contributed by atoms with Gasteiger partial charge in [0.1, 0.15) is 0 Å².